The lowest BCUT2D eigenvalue weighted by Crippen LogP contribution is -2.39. The van der Waals surface area contributed by atoms with Crippen molar-refractivity contribution >= 4 is 0 Å². The first-order valence-electron chi connectivity index (χ1n) is 7.86. The molecule has 0 aliphatic rings. The molecule has 104 valence electrons. The van der Waals surface area contributed by atoms with Gasteiger partial charge in [-0.1, -0.05) is 72.6 Å². The summed E-state index contributed by atoms with van der Waals surface area (Å²) < 4.78 is 0. The van der Waals surface area contributed by atoms with Crippen molar-refractivity contribution in [2.24, 2.45) is 11.1 Å². The van der Waals surface area contributed by atoms with Crippen LogP contribution in [-0.4, -0.2) is 6.04 Å². The minimum atomic E-state index is 0.389. The van der Waals surface area contributed by atoms with Gasteiger partial charge in [0, 0.05) is 6.04 Å². The lowest BCUT2D eigenvalue weighted by atomic mass is 9.73. The molecule has 1 nitrogen and oxygen atoms in total. The highest BCUT2D eigenvalue weighted by atomic mass is 14.7. The van der Waals surface area contributed by atoms with E-state index in [-0.39, 0.29) is 0 Å². The molecular weight excluding hydrogens is 206 g/mol. The average molecular weight is 241 g/mol. The maximum absolute atomic E-state index is 6.43. The minimum absolute atomic E-state index is 0.389. The van der Waals surface area contributed by atoms with Gasteiger partial charge < -0.3 is 5.73 Å². The highest BCUT2D eigenvalue weighted by molar-refractivity contribution is 4.85. The fourth-order valence-corrected chi connectivity index (χ4v) is 2.71. The van der Waals surface area contributed by atoms with Crippen molar-refractivity contribution in [3.63, 3.8) is 0 Å². The molecule has 0 aromatic heterocycles. The van der Waals surface area contributed by atoms with Gasteiger partial charge in [0.2, 0.25) is 0 Å². The zero-order valence-corrected chi connectivity index (χ0v) is 12.7. The Balaban J connectivity index is 4.22. The molecule has 1 heteroatoms. The van der Waals surface area contributed by atoms with E-state index in [2.05, 4.69) is 27.7 Å². The first-order valence-corrected chi connectivity index (χ1v) is 7.86. The molecule has 0 aliphatic heterocycles. The van der Waals surface area contributed by atoms with Crippen molar-refractivity contribution in [1.29, 1.82) is 0 Å². The van der Waals surface area contributed by atoms with E-state index in [4.69, 9.17) is 5.73 Å². The quantitative estimate of drug-likeness (QED) is 0.489. The fraction of sp³-hybridized carbons (Fsp3) is 1.00. The smallest absolute Gasteiger partial charge is 0.00928 e. The topological polar surface area (TPSA) is 26.0 Å². The van der Waals surface area contributed by atoms with Crippen molar-refractivity contribution in [2.45, 2.75) is 97.9 Å². The first kappa shape index (κ1) is 17.0. The number of rotatable bonds is 11. The third-order valence-electron chi connectivity index (χ3n) is 4.20. The van der Waals surface area contributed by atoms with Gasteiger partial charge in [-0.05, 0) is 24.7 Å². The van der Waals surface area contributed by atoms with Gasteiger partial charge in [0.15, 0.2) is 0 Å². The number of nitrogens with two attached hydrogens (primary N) is 1. The highest BCUT2D eigenvalue weighted by Gasteiger charge is 2.29. The van der Waals surface area contributed by atoms with Crippen LogP contribution in [0.5, 0.6) is 0 Å². The molecule has 0 aromatic carbocycles. The largest absolute Gasteiger partial charge is 0.327 e. The van der Waals surface area contributed by atoms with Crippen molar-refractivity contribution < 1.29 is 0 Å². The molecule has 0 aromatic rings. The Labute approximate surface area is 110 Å². The lowest BCUT2D eigenvalue weighted by molar-refractivity contribution is 0.189. The second-order valence-corrected chi connectivity index (χ2v) is 5.96. The lowest BCUT2D eigenvalue weighted by Gasteiger charge is -2.36. The number of hydrogen-bond donors (Lipinski definition) is 1. The van der Waals surface area contributed by atoms with Crippen molar-refractivity contribution in [2.75, 3.05) is 0 Å². The summed E-state index contributed by atoms with van der Waals surface area (Å²) in [6.45, 7) is 9.23. The summed E-state index contributed by atoms with van der Waals surface area (Å²) in [5, 5.41) is 0. The molecule has 1 atom stereocenters. The third kappa shape index (κ3) is 7.08. The van der Waals surface area contributed by atoms with Crippen LogP contribution in [0.15, 0.2) is 0 Å². The van der Waals surface area contributed by atoms with Crippen molar-refractivity contribution in [3.05, 3.63) is 0 Å². The van der Waals surface area contributed by atoms with Gasteiger partial charge in [0.1, 0.15) is 0 Å². The highest BCUT2D eigenvalue weighted by Crippen LogP contribution is 2.35. The summed E-state index contributed by atoms with van der Waals surface area (Å²) >= 11 is 0. The molecule has 0 saturated carbocycles. The molecule has 0 saturated heterocycles. The Kier molecular flexibility index (Phi) is 9.91. The summed E-state index contributed by atoms with van der Waals surface area (Å²) in [7, 11) is 0. The van der Waals surface area contributed by atoms with Gasteiger partial charge >= 0.3 is 0 Å². The SMILES string of the molecule is CCCCCC(C)(CCCCC)C(N)CCC. The molecule has 0 spiro atoms. The van der Waals surface area contributed by atoms with Crippen molar-refractivity contribution in [1.82, 2.24) is 0 Å². The Bertz CT molecular complexity index is 155. The summed E-state index contributed by atoms with van der Waals surface area (Å²) in [5.74, 6) is 0. The van der Waals surface area contributed by atoms with Crippen LogP contribution >= 0.6 is 0 Å². The molecule has 0 fully saturated rings. The van der Waals surface area contributed by atoms with Crippen LogP contribution < -0.4 is 5.73 Å². The molecule has 17 heavy (non-hydrogen) atoms. The van der Waals surface area contributed by atoms with Crippen LogP contribution in [0.2, 0.25) is 0 Å². The van der Waals surface area contributed by atoms with Gasteiger partial charge in [0.05, 0.1) is 0 Å². The van der Waals surface area contributed by atoms with E-state index in [1.54, 1.807) is 0 Å². The van der Waals surface area contributed by atoms with Gasteiger partial charge in [-0.3, -0.25) is 0 Å². The van der Waals surface area contributed by atoms with E-state index in [0.29, 0.717) is 11.5 Å². The zero-order chi connectivity index (χ0) is 13.1. The normalized spacial score (nSPS) is 13.9. The average Bonchev–Trinajstić information content (AvgIpc) is 2.30. The summed E-state index contributed by atoms with van der Waals surface area (Å²) in [6, 6.07) is 0.404. The molecule has 1 unspecified atom stereocenters. The Morgan fingerprint density at radius 3 is 1.65 bits per heavy atom. The zero-order valence-electron chi connectivity index (χ0n) is 12.7. The van der Waals surface area contributed by atoms with Crippen LogP contribution in [0.4, 0.5) is 0 Å². The number of hydrogen-bond acceptors (Lipinski definition) is 1. The maximum atomic E-state index is 6.43. The van der Waals surface area contributed by atoms with Gasteiger partial charge in [-0.2, -0.15) is 0 Å². The van der Waals surface area contributed by atoms with E-state index in [1.807, 2.05) is 0 Å². The second-order valence-electron chi connectivity index (χ2n) is 5.96. The summed E-state index contributed by atoms with van der Waals surface area (Å²) in [5.41, 5.74) is 6.82. The molecule has 0 rings (SSSR count). The van der Waals surface area contributed by atoms with Crippen LogP contribution in [0.3, 0.4) is 0 Å². The molecule has 0 amide bonds. The second kappa shape index (κ2) is 9.94. The predicted octanol–water partition coefficient (Wildman–Crippen LogP) is 5.28. The van der Waals surface area contributed by atoms with E-state index in [0.717, 1.165) is 0 Å². The van der Waals surface area contributed by atoms with Gasteiger partial charge in [0.25, 0.3) is 0 Å². The Morgan fingerprint density at radius 1 is 0.824 bits per heavy atom. The van der Waals surface area contributed by atoms with Crippen LogP contribution in [0, 0.1) is 5.41 Å². The van der Waals surface area contributed by atoms with E-state index in [1.165, 1.54) is 64.2 Å². The molecule has 0 bridgehead atoms. The monoisotopic (exact) mass is 241 g/mol. The standard InChI is InChI=1S/C16H35N/c1-5-8-10-13-16(4,14-11-9-6-2)15(17)12-7-3/h15H,5-14,17H2,1-4H3. The molecule has 0 radical (unpaired) electrons. The molecule has 0 heterocycles. The third-order valence-corrected chi connectivity index (χ3v) is 4.20. The molecular formula is C16H35N. The van der Waals surface area contributed by atoms with Gasteiger partial charge in [-0.25, -0.2) is 0 Å². The van der Waals surface area contributed by atoms with Crippen LogP contribution in [0.1, 0.15) is 91.9 Å². The van der Waals surface area contributed by atoms with E-state index < -0.39 is 0 Å². The maximum Gasteiger partial charge on any atom is 0.00928 e. The van der Waals surface area contributed by atoms with Gasteiger partial charge in [-0.15, -0.1) is 0 Å². The summed E-state index contributed by atoms with van der Waals surface area (Å²) in [4.78, 5) is 0. The van der Waals surface area contributed by atoms with Crippen LogP contribution in [0.25, 0.3) is 0 Å². The minimum Gasteiger partial charge on any atom is -0.327 e. The first-order chi connectivity index (χ1) is 8.10. The number of unbranched alkanes of at least 4 members (excludes halogenated alkanes) is 4. The predicted molar refractivity (Wildman–Crippen MR) is 79.3 cm³/mol. The fourth-order valence-electron chi connectivity index (χ4n) is 2.71. The Morgan fingerprint density at radius 2 is 1.29 bits per heavy atom. The molecule has 2 N–H and O–H groups in total. The van der Waals surface area contributed by atoms with E-state index in [9.17, 15) is 0 Å². The van der Waals surface area contributed by atoms with Crippen molar-refractivity contribution in [3.8, 4) is 0 Å². The van der Waals surface area contributed by atoms with Crippen LogP contribution in [-0.2, 0) is 0 Å². The van der Waals surface area contributed by atoms with E-state index >= 15 is 0 Å². The Hall–Kier alpha value is -0.0400. The summed E-state index contributed by atoms with van der Waals surface area (Å²) in [6.07, 6.45) is 13.1. The molecule has 0 aliphatic carbocycles.